The first-order chi connectivity index (χ1) is 21.7. The summed E-state index contributed by atoms with van der Waals surface area (Å²) in [5.41, 5.74) is 3.35. The average Bonchev–Trinajstić information content (AvgIpc) is 3.86. The van der Waals surface area contributed by atoms with Crippen LogP contribution in [-0.4, -0.2) is 71.4 Å². The van der Waals surface area contributed by atoms with Gasteiger partial charge in [0.1, 0.15) is 22.8 Å². The van der Waals surface area contributed by atoms with Gasteiger partial charge in [-0.1, -0.05) is 43.3 Å². The second kappa shape index (κ2) is 9.92. The molecule has 3 unspecified atom stereocenters. The number of hydrogen-bond donors (Lipinski definition) is 3. The highest BCUT2D eigenvalue weighted by Crippen LogP contribution is 2.63. The summed E-state index contributed by atoms with van der Waals surface area (Å²) >= 11 is 0. The summed E-state index contributed by atoms with van der Waals surface area (Å²) < 4.78 is 8.21. The van der Waals surface area contributed by atoms with Crippen molar-refractivity contribution in [1.29, 1.82) is 0 Å². The number of anilines is 2. The fraction of sp³-hybridized carbons (Fsp3) is 0.344. The summed E-state index contributed by atoms with van der Waals surface area (Å²) in [4.78, 5) is 39.8. The highest BCUT2D eigenvalue weighted by atomic mass is 16.5. The summed E-state index contributed by atoms with van der Waals surface area (Å²) in [6, 6.07) is 17.1. The summed E-state index contributed by atoms with van der Waals surface area (Å²) in [6.45, 7) is 6.82. The van der Waals surface area contributed by atoms with Crippen LogP contribution in [0.2, 0.25) is 0 Å². The number of aromatic amines is 1. The van der Waals surface area contributed by atoms with Gasteiger partial charge in [-0.05, 0) is 55.0 Å². The third kappa shape index (κ3) is 4.37. The van der Waals surface area contributed by atoms with Crippen molar-refractivity contribution in [1.82, 2.24) is 34.8 Å². The van der Waals surface area contributed by atoms with E-state index in [1.165, 1.54) is 23.8 Å². The maximum atomic E-state index is 12.7. The third-order valence-corrected chi connectivity index (χ3v) is 9.61. The Labute approximate surface area is 257 Å². The number of amides is 1. The Morgan fingerprint density at radius 1 is 1.09 bits per heavy atom. The van der Waals surface area contributed by atoms with Crippen LogP contribution in [0.1, 0.15) is 69.4 Å². The number of aromatic carboxylic acids is 1. The van der Waals surface area contributed by atoms with Crippen LogP contribution in [0.5, 0.6) is 0 Å². The molecule has 3 saturated heterocycles. The standard InChI is InChI=1S/C32H31N9O4/c1-18-13-21(40-12-11-31(2,17-40)20-7-4-3-5-8-20)15-41-26(18)35-29(39-41)32-14-19(16-45-32)24(32)25-34-30(38-37-25)36-27(42)22-9-6-10-23(33-22)28(43)44/h3-10,13,15,19,24H,11-12,14,16-17H2,1-2H3,(H,43,44)(H2,34,36,37,38,42)/t19?,24?,31-,32?/m0/s1. The summed E-state index contributed by atoms with van der Waals surface area (Å²) in [6.07, 6.45) is 3.89. The van der Waals surface area contributed by atoms with Crippen LogP contribution >= 0.6 is 0 Å². The molecule has 13 nitrogen and oxygen atoms in total. The quantitative estimate of drug-likeness (QED) is 0.249. The van der Waals surface area contributed by atoms with Crippen molar-refractivity contribution in [3.8, 4) is 0 Å². The molecule has 2 bridgehead atoms. The van der Waals surface area contributed by atoms with Crippen molar-refractivity contribution in [2.45, 2.75) is 43.6 Å². The minimum atomic E-state index is -1.22. The maximum Gasteiger partial charge on any atom is 0.354 e. The molecule has 13 heteroatoms. The summed E-state index contributed by atoms with van der Waals surface area (Å²) in [5, 5.41) is 23.9. The van der Waals surface area contributed by atoms with Crippen LogP contribution < -0.4 is 10.2 Å². The molecule has 3 aliphatic heterocycles. The van der Waals surface area contributed by atoms with E-state index in [-0.39, 0.29) is 34.6 Å². The zero-order chi connectivity index (χ0) is 30.9. The monoisotopic (exact) mass is 605 g/mol. The number of ether oxygens (including phenoxy) is 1. The number of pyridine rings is 2. The van der Waals surface area contributed by atoms with Gasteiger partial charge in [-0.3, -0.25) is 15.2 Å². The number of carbonyl (C=O) groups is 2. The first-order valence-corrected chi connectivity index (χ1v) is 15.0. The molecular weight excluding hydrogens is 574 g/mol. The van der Waals surface area contributed by atoms with E-state index in [1.54, 1.807) is 0 Å². The number of carbonyl (C=O) groups excluding carboxylic acids is 1. The molecule has 3 N–H and O–H groups in total. The Kier molecular flexibility index (Phi) is 6.04. The number of fused-ring (bicyclic) bond motifs is 2. The molecule has 1 saturated carbocycles. The van der Waals surface area contributed by atoms with E-state index < -0.39 is 17.5 Å². The fourth-order valence-electron chi connectivity index (χ4n) is 7.21. The molecule has 5 aromatic rings. The lowest BCUT2D eigenvalue weighted by molar-refractivity contribution is -0.0344. The Hall–Kier alpha value is -5.17. The highest BCUT2D eigenvalue weighted by molar-refractivity contribution is 6.02. The Balaban J connectivity index is 1.03. The molecule has 1 aromatic carbocycles. The number of carboxylic acids is 1. The van der Waals surface area contributed by atoms with Gasteiger partial charge in [0.05, 0.1) is 24.4 Å². The van der Waals surface area contributed by atoms with Crippen molar-refractivity contribution in [3.05, 3.63) is 95.0 Å². The molecule has 7 heterocycles. The van der Waals surface area contributed by atoms with Crippen molar-refractivity contribution in [3.63, 3.8) is 0 Å². The maximum absolute atomic E-state index is 12.7. The van der Waals surface area contributed by atoms with Gasteiger partial charge < -0.3 is 14.7 Å². The third-order valence-electron chi connectivity index (χ3n) is 9.61. The Morgan fingerprint density at radius 2 is 1.91 bits per heavy atom. The number of nitrogens with one attached hydrogen (secondary N) is 2. The highest BCUT2D eigenvalue weighted by Gasteiger charge is 2.66. The molecule has 0 spiro atoms. The molecule has 0 radical (unpaired) electrons. The molecule has 4 atom stereocenters. The number of rotatable bonds is 7. The first kappa shape index (κ1) is 27.4. The van der Waals surface area contributed by atoms with E-state index in [0.717, 1.165) is 42.8 Å². The number of aryl methyl sites for hydroxylation is 1. The Bertz CT molecular complexity index is 1970. The molecule has 1 aliphatic carbocycles. The van der Waals surface area contributed by atoms with Gasteiger partial charge in [-0.15, -0.1) is 10.2 Å². The molecule has 4 aromatic heterocycles. The minimum absolute atomic E-state index is 0.0490. The van der Waals surface area contributed by atoms with Gasteiger partial charge in [-0.25, -0.2) is 19.3 Å². The molecule has 9 rings (SSSR count). The average molecular weight is 606 g/mol. The van der Waals surface area contributed by atoms with Crippen molar-refractivity contribution >= 4 is 29.2 Å². The van der Waals surface area contributed by atoms with E-state index >= 15 is 0 Å². The molecule has 4 fully saturated rings. The van der Waals surface area contributed by atoms with Gasteiger partial charge in [-0.2, -0.15) is 4.98 Å². The molecule has 1 amide bonds. The van der Waals surface area contributed by atoms with Gasteiger partial charge in [0.25, 0.3) is 5.91 Å². The van der Waals surface area contributed by atoms with Crippen LogP contribution in [0.4, 0.5) is 11.6 Å². The van der Waals surface area contributed by atoms with E-state index in [0.29, 0.717) is 18.3 Å². The number of benzene rings is 1. The smallest absolute Gasteiger partial charge is 0.354 e. The van der Waals surface area contributed by atoms with Gasteiger partial charge in [0.2, 0.25) is 5.95 Å². The van der Waals surface area contributed by atoms with E-state index in [1.807, 2.05) is 4.52 Å². The largest absolute Gasteiger partial charge is 0.477 e. The first-order valence-electron chi connectivity index (χ1n) is 15.0. The van der Waals surface area contributed by atoms with E-state index in [9.17, 15) is 14.7 Å². The van der Waals surface area contributed by atoms with Crippen LogP contribution in [0.25, 0.3) is 5.65 Å². The zero-order valence-corrected chi connectivity index (χ0v) is 24.8. The van der Waals surface area contributed by atoms with Crippen LogP contribution in [0.3, 0.4) is 0 Å². The van der Waals surface area contributed by atoms with E-state index in [2.05, 4.69) is 86.8 Å². The normalized spacial score (nSPS) is 25.4. The van der Waals surface area contributed by atoms with Crippen LogP contribution in [0.15, 0.2) is 60.8 Å². The predicted molar refractivity (Wildman–Crippen MR) is 162 cm³/mol. The fourth-order valence-corrected chi connectivity index (χ4v) is 7.21. The molecular formula is C32H31N9O4. The van der Waals surface area contributed by atoms with Gasteiger partial charge >= 0.3 is 5.97 Å². The number of carboxylic acid groups (broad SMARTS) is 1. The van der Waals surface area contributed by atoms with Crippen LogP contribution in [-0.2, 0) is 15.8 Å². The Morgan fingerprint density at radius 3 is 2.71 bits per heavy atom. The van der Waals surface area contributed by atoms with Crippen molar-refractivity contribution in [2.75, 3.05) is 29.9 Å². The second-order valence-electron chi connectivity index (χ2n) is 12.5. The summed E-state index contributed by atoms with van der Waals surface area (Å²) in [5.74, 6) is -0.541. The topological polar surface area (TPSA) is 164 Å². The minimum Gasteiger partial charge on any atom is -0.477 e. The predicted octanol–water partition coefficient (Wildman–Crippen LogP) is 3.70. The lowest BCUT2D eigenvalue weighted by atomic mass is 9.63. The lowest BCUT2D eigenvalue weighted by Gasteiger charge is -2.41. The van der Waals surface area contributed by atoms with Gasteiger partial charge in [0.15, 0.2) is 11.5 Å². The number of hydrogen-bond acceptors (Lipinski definition) is 9. The SMILES string of the molecule is Cc1cc(N2CC[C@](C)(c3ccccc3)C2)cn2nc(C34CC(CO3)C4c3nc(NC(=O)c4cccc(C(=O)O)n4)n[nH]3)nc12. The lowest BCUT2D eigenvalue weighted by Crippen LogP contribution is -2.44. The second-order valence-corrected chi connectivity index (χ2v) is 12.5. The van der Waals surface area contributed by atoms with Gasteiger partial charge in [0, 0.05) is 18.5 Å². The molecule has 4 aliphatic rings. The molecule has 45 heavy (non-hydrogen) atoms. The summed E-state index contributed by atoms with van der Waals surface area (Å²) in [7, 11) is 0. The van der Waals surface area contributed by atoms with Crippen molar-refractivity contribution in [2.24, 2.45) is 5.92 Å². The van der Waals surface area contributed by atoms with E-state index in [4.69, 9.17) is 14.8 Å². The zero-order valence-electron chi connectivity index (χ0n) is 24.8. The molecule has 228 valence electrons. The van der Waals surface area contributed by atoms with Crippen molar-refractivity contribution < 1.29 is 19.4 Å². The number of nitrogens with zero attached hydrogens (tertiary/aromatic N) is 7. The number of aromatic nitrogens is 7. The van der Waals surface area contributed by atoms with Crippen LogP contribution in [0, 0.1) is 12.8 Å². The number of H-pyrrole nitrogens is 1.